The number of rotatable bonds is 7. The molecule has 1 amide bonds. The average Bonchev–Trinajstić information content (AvgIpc) is 2.98. The van der Waals surface area contributed by atoms with Gasteiger partial charge in [-0.3, -0.25) is 9.52 Å². The Labute approximate surface area is 156 Å². The van der Waals surface area contributed by atoms with E-state index in [-0.39, 0.29) is 5.91 Å². The van der Waals surface area contributed by atoms with Crippen molar-refractivity contribution in [3.63, 3.8) is 0 Å². The van der Waals surface area contributed by atoms with Crippen molar-refractivity contribution in [2.24, 2.45) is 0 Å². The van der Waals surface area contributed by atoms with E-state index in [1.54, 1.807) is 35.6 Å². The highest BCUT2D eigenvalue weighted by Crippen LogP contribution is 2.24. The molecule has 0 bridgehead atoms. The van der Waals surface area contributed by atoms with E-state index in [1.165, 1.54) is 0 Å². The summed E-state index contributed by atoms with van der Waals surface area (Å²) < 4.78 is 26.4. The largest absolute Gasteiger partial charge is 0.324 e. The van der Waals surface area contributed by atoms with Crippen LogP contribution in [0.15, 0.2) is 48.5 Å². The minimum absolute atomic E-state index is 0.158. The van der Waals surface area contributed by atoms with Crippen molar-refractivity contribution >= 4 is 48.9 Å². The van der Waals surface area contributed by atoms with Gasteiger partial charge in [-0.1, -0.05) is 24.3 Å². The predicted molar refractivity (Wildman–Crippen MR) is 106 cm³/mol. The molecule has 6 nitrogen and oxygen atoms in total. The van der Waals surface area contributed by atoms with Crippen LogP contribution in [0.25, 0.3) is 10.2 Å². The Morgan fingerprint density at radius 2 is 1.77 bits per heavy atom. The molecule has 1 heterocycles. The summed E-state index contributed by atoms with van der Waals surface area (Å²) in [6.45, 7) is 0. The zero-order chi connectivity index (χ0) is 18.6. The molecule has 0 aliphatic carbocycles. The molecule has 0 fully saturated rings. The third kappa shape index (κ3) is 5.03. The van der Waals surface area contributed by atoms with Crippen molar-refractivity contribution in [1.29, 1.82) is 0 Å². The summed E-state index contributed by atoms with van der Waals surface area (Å²) in [5.41, 5.74) is 1.79. The summed E-state index contributed by atoms with van der Waals surface area (Å²) in [5, 5.41) is 3.78. The number of benzene rings is 2. The molecule has 0 aliphatic heterocycles. The molecule has 3 rings (SSSR count). The minimum Gasteiger partial charge on any atom is -0.324 e. The van der Waals surface area contributed by atoms with Crippen LogP contribution >= 0.6 is 11.3 Å². The smallest absolute Gasteiger partial charge is 0.229 e. The van der Waals surface area contributed by atoms with Crippen LogP contribution in [0.5, 0.6) is 0 Å². The summed E-state index contributed by atoms with van der Waals surface area (Å²) >= 11 is 1.64. The maximum atomic E-state index is 12.2. The third-order valence-corrected chi connectivity index (χ3v) is 5.32. The molecular weight excluding hydrogens is 370 g/mol. The van der Waals surface area contributed by atoms with Crippen molar-refractivity contribution < 1.29 is 13.2 Å². The van der Waals surface area contributed by atoms with Crippen LogP contribution in [-0.2, 0) is 21.2 Å². The first kappa shape index (κ1) is 18.3. The Bertz CT molecular complexity index is 996. The lowest BCUT2D eigenvalue weighted by Crippen LogP contribution is -2.15. The van der Waals surface area contributed by atoms with Gasteiger partial charge in [-0.05, 0) is 37.1 Å². The van der Waals surface area contributed by atoms with E-state index in [9.17, 15) is 13.2 Å². The monoisotopic (exact) mass is 389 g/mol. The molecule has 0 spiro atoms. The Morgan fingerprint density at radius 1 is 1.08 bits per heavy atom. The Morgan fingerprint density at radius 3 is 2.50 bits per heavy atom. The number of para-hydroxylation sites is 3. The fourth-order valence-corrected chi connectivity index (χ4v) is 4.11. The van der Waals surface area contributed by atoms with Gasteiger partial charge in [0, 0.05) is 6.42 Å². The topological polar surface area (TPSA) is 88.2 Å². The zero-order valence-electron chi connectivity index (χ0n) is 14.2. The number of carbonyl (C=O) groups excluding carboxylic acids is 1. The van der Waals surface area contributed by atoms with Crippen LogP contribution in [0.4, 0.5) is 11.4 Å². The number of amides is 1. The first-order valence-corrected chi connectivity index (χ1v) is 10.8. The first-order chi connectivity index (χ1) is 12.4. The van der Waals surface area contributed by atoms with Crippen LogP contribution in [0.1, 0.15) is 17.8 Å². The maximum Gasteiger partial charge on any atom is 0.229 e. The van der Waals surface area contributed by atoms with Crippen LogP contribution in [0, 0.1) is 0 Å². The molecule has 0 atom stereocenters. The van der Waals surface area contributed by atoms with E-state index in [1.807, 2.05) is 24.3 Å². The van der Waals surface area contributed by atoms with Crippen LogP contribution in [0.2, 0.25) is 0 Å². The van der Waals surface area contributed by atoms with Crippen LogP contribution in [0.3, 0.4) is 0 Å². The van der Waals surface area contributed by atoms with E-state index in [0.29, 0.717) is 24.2 Å². The maximum absolute atomic E-state index is 12.2. The van der Waals surface area contributed by atoms with Gasteiger partial charge in [0.25, 0.3) is 0 Å². The number of hydrogen-bond donors (Lipinski definition) is 2. The van der Waals surface area contributed by atoms with Gasteiger partial charge in [0.2, 0.25) is 15.9 Å². The number of fused-ring (bicyclic) bond motifs is 1. The molecule has 3 aromatic rings. The SMILES string of the molecule is CS(=O)(=O)Nc1ccccc1NC(=O)CCCc1nc2ccccc2s1. The van der Waals surface area contributed by atoms with Gasteiger partial charge >= 0.3 is 0 Å². The minimum atomic E-state index is -3.41. The highest BCUT2D eigenvalue weighted by Gasteiger charge is 2.10. The highest BCUT2D eigenvalue weighted by atomic mass is 32.2. The van der Waals surface area contributed by atoms with E-state index < -0.39 is 10.0 Å². The van der Waals surface area contributed by atoms with E-state index in [2.05, 4.69) is 15.0 Å². The standard InChI is InChI=1S/C18H19N3O3S2/c1-26(23,24)21-14-8-3-2-7-13(14)19-17(22)11-6-12-18-20-15-9-4-5-10-16(15)25-18/h2-5,7-10,21H,6,11-12H2,1H3,(H,19,22). The quantitative estimate of drug-likeness (QED) is 0.646. The van der Waals surface area contributed by atoms with E-state index >= 15 is 0 Å². The van der Waals surface area contributed by atoms with Gasteiger partial charge in [0.15, 0.2) is 0 Å². The molecule has 2 N–H and O–H groups in total. The number of anilines is 2. The molecule has 0 radical (unpaired) electrons. The molecule has 8 heteroatoms. The number of nitrogens with one attached hydrogen (secondary N) is 2. The van der Waals surface area contributed by atoms with Crippen LogP contribution < -0.4 is 10.0 Å². The number of aromatic nitrogens is 1. The van der Waals surface area contributed by atoms with Crippen molar-refractivity contribution in [2.75, 3.05) is 16.3 Å². The Balaban J connectivity index is 1.56. The molecule has 0 aliphatic rings. The van der Waals surface area contributed by atoms with Gasteiger partial charge in [-0.15, -0.1) is 11.3 Å². The van der Waals surface area contributed by atoms with Gasteiger partial charge in [-0.25, -0.2) is 13.4 Å². The number of carbonyl (C=O) groups is 1. The lowest BCUT2D eigenvalue weighted by atomic mass is 10.2. The van der Waals surface area contributed by atoms with Gasteiger partial charge in [-0.2, -0.15) is 0 Å². The normalized spacial score (nSPS) is 11.4. The molecule has 0 saturated carbocycles. The number of sulfonamides is 1. The fourth-order valence-electron chi connectivity index (χ4n) is 2.52. The van der Waals surface area contributed by atoms with Crippen molar-refractivity contribution in [1.82, 2.24) is 4.98 Å². The summed E-state index contributed by atoms with van der Waals surface area (Å²) in [6, 6.07) is 14.7. The molecule has 0 unspecified atom stereocenters. The molecular formula is C18H19N3O3S2. The summed E-state index contributed by atoms with van der Waals surface area (Å²) in [6.07, 6.45) is 2.82. The average molecular weight is 390 g/mol. The fraction of sp³-hybridized carbons (Fsp3) is 0.222. The summed E-state index contributed by atoms with van der Waals surface area (Å²) in [7, 11) is -3.41. The first-order valence-electron chi connectivity index (χ1n) is 8.12. The number of nitrogens with zero attached hydrogens (tertiary/aromatic N) is 1. The Kier molecular flexibility index (Phi) is 5.53. The van der Waals surface area contributed by atoms with Gasteiger partial charge in [0.05, 0.1) is 32.9 Å². The Hall–Kier alpha value is -2.45. The van der Waals surface area contributed by atoms with Gasteiger partial charge < -0.3 is 5.32 Å². The summed E-state index contributed by atoms with van der Waals surface area (Å²) in [5.74, 6) is -0.158. The van der Waals surface area contributed by atoms with Crippen molar-refractivity contribution in [2.45, 2.75) is 19.3 Å². The molecule has 1 aromatic heterocycles. The molecule has 2 aromatic carbocycles. The van der Waals surface area contributed by atoms with Gasteiger partial charge in [0.1, 0.15) is 0 Å². The number of aryl methyl sites for hydroxylation is 1. The summed E-state index contributed by atoms with van der Waals surface area (Å²) in [4.78, 5) is 16.7. The molecule has 0 saturated heterocycles. The highest BCUT2D eigenvalue weighted by molar-refractivity contribution is 7.92. The van der Waals surface area contributed by atoms with E-state index in [4.69, 9.17) is 0 Å². The molecule has 136 valence electrons. The second kappa shape index (κ2) is 7.84. The van der Waals surface area contributed by atoms with Crippen molar-refractivity contribution in [3.05, 3.63) is 53.5 Å². The second-order valence-electron chi connectivity index (χ2n) is 5.90. The van der Waals surface area contributed by atoms with Crippen LogP contribution in [-0.4, -0.2) is 25.6 Å². The predicted octanol–water partition coefficient (Wildman–Crippen LogP) is 3.63. The number of thiazole rings is 1. The molecule has 26 heavy (non-hydrogen) atoms. The lowest BCUT2D eigenvalue weighted by molar-refractivity contribution is -0.116. The zero-order valence-corrected chi connectivity index (χ0v) is 15.9. The lowest BCUT2D eigenvalue weighted by Gasteiger charge is -2.11. The third-order valence-electron chi connectivity index (χ3n) is 3.63. The van der Waals surface area contributed by atoms with Crippen molar-refractivity contribution in [3.8, 4) is 0 Å². The second-order valence-corrected chi connectivity index (χ2v) is 8.76. The van der Waals surface area contributed by atoms with E-state index in [0.717, 1.165) is 27.9 Å². The number of hydrogen-bond acceptors (Lipinski definition) is 5.